The number of carboxylic acid groups (broad SMARTS) is 1. The molecular formula is C30H27N3O5. The maximum atomic E-state index is 14.1. The molecule has 4 atom stereocenters. The summed E-state index contributed by atoms with van der Waals surface area (Å²) in [4.78, 5) is 45.5. The van der Waals surface area contributed by atoms with E-state index in [0.717, 1.165) is 33.4 Å². The standard InChI is InChI=1S/C30H27N3O5/c1-2-17-11-13-19(14-12-17)33-27(35)24-25(28(33)36)30(29(37)38,32-26(24)21-8-4-6-10-23(21)34)15-18-16-31-22-9-5-3-7-20(18)22/h3-14,16,24-26,31-32,34H,2,15H2,1H3,(H,37,38)/t24-,25-,26-,30-/m0/s1. The Morgan fingerprint density at radius 1 is 0.974 bits per heavy atom. The van der Waals surface area contributed by atoms with Gasteiger partial charge >= 0.3 is 5.97 Å². The van der Waals surface area contributed by atoms with Gasteiger partial charge in [-0.25, -0.2) is 4.90 Å². The average Bonchev–Trinajstić information content (AvgIpc) is 3.57. The number of carbonyl (C=O) groups is 3. The fraction of sp³-hybridized carbons (Fsp3) is 0.233. The second-order valence-corrected chi connectivity index (χ2v) is 10.0. The van der Waals surface area contributed by atoms with Crippen LogP contribution < -0.4 is 10.2 Å². The van der Waals surface area contributed by atoms with Crippen LogP contribution in [0.15, 0.2) is 79.0 Å². The lowest BCUT2D eigenvalue weighted by molar-refractivity contribution is -0.148. The number of aromatic nitrogens is 1. The first-order valence-corrected chi connectivity index (χ1v) is 12.7. The average molecular weight is 510 g/mol. The number of hydrogen-bond donors (Lipinski definition) is 4. The maximum Gasteiger partial charge on any atom is 0.325 e. The van der Waals surface area contributed by atoms with E-state index in [1.807, 2.05) is 43.3 Å². The van der Waals surface area contributed by atoms with Crippen molar-refractivity contribution in [2.75, 3.05) is 4.90 Å². The summed E-state index contributed by atoms with van der Waals surface area (Å²) in [7, 11) is 0. The number of H-pyrrole nitrogens is 1. The molecule has 2 aliphatic rings. The number of hydrogen-bond acceptors (Lipinski definition) is 5. The number of aromatic hydroxyl groups is 1. The number of para-hydroxylation sites is 2. The number of imide groups is 1. The lowest BCUT2D eigenvalue weighted by atomic mass is 9.76. The van der Waals surface area contributed by atoms with E-state index >= 15 is 0 Å². The molecule has 192 valence electrons. The summed E-state index contributed by atoms with van der Waals surface area (Å²) >= 11 is 0. The van der Waals surface area contributed by atoms with Crippen LogP contribution in [0.25, 0.3) is 10.9 Å². The van der Waals surface area contributed by atoms with Crippen LogP contribution in [0.4, 0.5) is 5.69 Å². The number of nitrogens with zero attached hydrogens (tertiary/aromatic N) is 1. The van der Waals surface area contributed by atoms with Crippen molar-refractivity contribution in [1.29, 1.82) is 0 Å². The molecular weight excluding hydrogens is 482 g/mol. The van der Waals surface area contributed by atoms with Gasteiger partial charge in [-0.3, -0.25) is 19.7 Å². The van der Waals surface area contributed by atoms with Crippen LogP contribution in [0.2, 0.25) is 0 Å². The maximum absolute atomic E-state index is 14.1. The molecule has 8 nitrogen and oxygen atoms in total. The summed E-state index contributed by atoms with van der Waals surface area (Å²) in [5.74, 6) is -4.52. The van der Waals surface area contributed by atoms with Crippen LogP contribution in [0.3, 0.4) is 0 Å². The van der Waals surface area contributed by atoms with E-state index in [-0.39, 0.29) is 12.2 Å². The lowest BCUT2D eigenvalue weighted by Gasteiger charge is -2.31. The predicted molar refractivity (Wildman–Crippen MR) is 142 cm³/mol. The first kappa shape index (κ1) is 23.9. The molecule has 0 spiro atoms. The number of anilines is 1. The van der Waals surface area contributed by atoms with E-state index in [1.54, 1.807) is 36.5 Å². The van der Waals surface area contributed by atoms with Crippen LogP contribution in [0, 0.1) is 11.8 Å². The van der Waals surface area contributed by atoms with Gasteiger partial charge in [0.25, 0.3) is 0 Å². The van der Waals surface area contributed by atoms with Crippen molar-refractivity contribution >= 4 is 34.4 Å². The number of phenols is 1. The van der Waals surface area contributed by atoms with Gasteiger partial charge in [0.2, 0.25) is 11.8 Å². The molecule has 0 aliphatic carbocycles. The Kier molecular flexibility index (Phi) is 5.57. The fourth-order valence-electron chi connectivity index (χ4n) is 6.17. The first-order chi connectivity index (χ1) is 18.4. The third-order valence-electron chi connectivity index (χ3n) is 8.05. The molecule has 0 saturated carbocycles. The molecule has 2 saturated heterocycles. The van der Waals surface area contributed by atoms with Crippen molar-refractivity contribution in [2.24, 2.45) is 11.8 Å². The minimum absolute atomic E-state index is 0.0285. The zero-order valence-corrected chi connectivity index (χ0v) is 20.7. The number of benzene rings is 3. The molecule has 0 bridgehead atoms. The summed E-state index contributed by atoms with van der Waals surface area (Å²) in [5.41, 5.74) is 1.64. The summed E-state index contributed by atoms with van der Waals surface area (Å²) in [6.45, 7) is 2.01. The Labute approximate surface area is 218 Å². The van der Waals surface area contributed by atoms with E-state index < -0.39 is 41.2 Å². The minimum Gasteiger partial charge on any atom is -0.508 e. The summed E-state index contributed by atoms with van der Waals surface area (Å²) in [5, 5.41) is 25.4. The molecule has 0 unspecified atom stereocenters. The molecule has 3 heterocycles. The number of phenolic OH excluding ortho intramolecular Hbond substituents is 1. The van der Waals surface area contributed by atoms with Gasteiger partial charge in [-0.15, -0.1) is 0 Å². The molecule has 38 heavy (non-hydrogen) atoms. The van der Waals surface area contributed by atoms with Crippen molar-refractivity contribution in [3.05, 3.63) is 95.7 Å². The molecule has 4 N–H and O–H groups in total. The van der Waals surface area contributed by atoms with Crippen LogP contribution in [0.1, 0.15) is 29.7 Å². The minimum atomic E-state index is -1.78. The van der Waals surface area contributed by atoms with Crippen molar-refractivity contribution in [3.63, 3.8) is 0 Å². The SMILES string of the molecule is CCc1ccc(N2C(=O)[C@H]3[C@@H](C2=O)[C@@](Cc2c[nH]c4ccccc24)(C(=O)O)N[C@H]3c2ccccc2O)cc1. The van der Waals surface area contributed by atoms with E-state index in [4.69, 9.17) is 0 Å². The quantitative estimate of drug-likeness (QED) is 0.292. The topological polar surface area (TPSA) is 123 Å². The number of aliphatic carboxylic acids is 1. The summed E-state index contributed by atoms with van der Waals surface area (Å²) in [6.07, 6.45) is 2.53. The Hall–Kier alpha value is -4.43. The van der Waals surface area contributed by atoms with Gasteiger partial charge in [0.1, 0.15) is 11.3 Å². The second kappa shape index (κ2) is 8.85. The number of fused-ring (bicyclic) bond motifs is 2. The Morgan fingerprint density at radius 2 is 1.68 bits per heavy atom. The lowest BCUT2D eigenvalue weighted by Crippen LogP contribution is -2.57. The third kappa shape index (κ3) is 3.44. The number of amides is 2. The number of aryl methyl sites for hydroxylation is 1. The number of rotatable bonds is 6. The molecule has 8 heteroatoms. The van der Waals surface area contributed by atoms with Gasteiger partial charge in [-0.1, -0.05) is 55.5 Å². The highest BCUT2D eigenvalue weighted by atomic mass is 16.4. The van der Waals surface area contributed by atoms with Gasteiger partial charge in [0, 0.05) is 35.1 Å². The highest BCUT2D eigenvalue weighted by Crippen LogP contribution is 2.52. The van der Waals surface area contributed by atoms with Crippen molar-refractivity contribution in [2.45, 2.75) is 31.3 Å². The van der Waals surface area contributed by atoms with Crippen LogP contribution in [-0.2, 0) is 27.2 Å². The van der Waals surface area contributed by atoms with E-state index in [1.165, 1.54) is 6.07 Å². The highest BCUT2D eigenvalue weighted by Gasteiger charge is 2.69. The van der Waals surface area contributed by atoms with Crippen molar-refractivity contribution in [1.82, 2.24) is 10.3 Å². The normalized spacial score (nSPS) is 24.8. The second-order valence-electron chi connectivity index (χ2n) is 10.0. The summed E-state index contributed by atoms with van der Waals surface area (Å²) < 4.78 is 0. The molecule has 6 rings (SSSR count). The zero-order chi connectivity index (χ0) is 26.6. The third-order valence-corrected chi connectivity index (χ3v) is 8.05. The fourth-order valence-corrected chi connectivity index (χ4v) is 6.17. The predicted octanol–water partition coefficient (Wildman–Crippen LogP) is 3.95. The summed E-state index contributed by atoms with van der Waals surface area (Å²) in [6, 6.07) is 20.4. The van der Waals surface area contributed by atoms with Gasteiger partial charge in [0.05, 0.1) is 17.5 Å². The number of nitrogens with one attached hydrogen (secondary N) is 2. The smallest absolute Gasteiger partial charge is 0.325 e. The van der Waals surface area contributed by atoms with Gasteiger partial charge < -0.3 is 15.2 Å². The Balaban J connectivity index is 1.51. The molecule has 1 aromatic heterocycles. The van der Waals surface area contributed by atoms with E-state index in [0.29, 0.717) is 11.3 Å². The van der Waals surface area contributed by atoms with Gasteiger partial charge in [-0.05, 0) is 41.8 Å². The molecule has 2 fully saturated rings. The molecule has 4 aromatic rings. The van der Waals surface area contributed by atoms with Crippen molar-refractivity contribution in [3.8, 4) is 5.75 Å². The first-order valence-electron chi connectivity index (χ1n) is 12.7. The van der Waals surface area contributed by atoms with Gasteiger partial charge in [0.15, 0.2) is 0 Å². The van der Waals surface area contributed by atoms with Crippen LogP contribution >= 0.6 is 0 Å². The molecule has 2 amide bonds. The Bertz CT molecular complexity index is 1580. The van der Waals surface area contributed by atoms with Gasteiger partial charge in [-0.2, -0.15) is 0 Å². The highest BCUT2D eigenvalue weighted by molar-refractivity contribution is 6.24. The largest absolute Gasteiger partial charge is 0.508 e. The monoisotopic (exact) mass is 509 g/mol. The number of carbonyl (C=O) groups excluding carboxylic acids is 2. The van der Waals surface area contributed by atoms with Crippen LogP contribution in [-0.4, -0.2) is 38.5 Å². The molecule has 2 aliphatic heterocycles. The van der Waals surface area contributed by atoms with Crippen molar-refractivity contribution < 1.29 is 24.6 Å². The van der Waals surface area contributed by atoms with E-state index in [9.17, 15) is 24.6 Å². The zero-order valence-electron chi connectivity index (χ0n) is 20.7. The number of aromatic amines is 1. The Morgan fingerprint density at radius 3 is 2.39 bits per heavy atom. The number of carboxylic acids is 1. The van der Waals surface area contributed by atoms with Crippen LogP contribution in [0.5, 0.6) is 5.75 Å². The molecule has 3 aromatic carbocycles. The van der Waals surface area contributed by atoms with E-state index in [2.05, 4.69) is 10.3 Å². The molecule has 0 radical (unpaired) electrons.